The summed E-state index contributed by atoms with van der Waals surface area (Å²) in [4.78, 5) is 34.0. The van der Waals surface area contributed by atoms with Crippen molar-refractivity contribution in [3.8, 4) is 0 Å². The van der Waals surface area contributed by atoms with Crippen LogP contribution >= 0.6 is 0 Å². The Morgan fingerprint density at radius 3 is 2.60 bits per heavy atom. The Morgan fingerprint density at radius 2 is 2.07 bits per heavy atom. The van der Waals surface area contributed by atoms with Crippen LogP contribution in [-0.4, -0.2) is 11.6 Å². The lowest BCUT2D eigenvalue weighted by molar-refractivity contribution is 0.0957. The minimum Gasteiger partial charge on any atom is -0.431 e. The van der Waals surface area contributed by atoms with Gasteiger partial charge in [-0.2, -0.15) is 0 Å². The summed E-state index contributed by atoms with van der Waals surface area (Å²) in [6.45, 7) is 3.10. The van der Waals surface area contributed by atoms with E-state index < -0.39 is 11.4 Å². The third kappa shape index (κ3) is 2.40. The Labute approximate surface area is 86.9 Å². The van der Waals surface area contributed by atoms with Crippen LogP contribution in [0.3, 0.4) is 0 Å². The number of ketones is 2. The van der Waals surface area contributed by atoms with Crippen molar-refractivity contribution in [2.24, 2.45) is 0 Å². The van der Waals surface area contributed by atoms with Crippen LogP contribution in [0, 0.1) is 0 Å². The van der Waals surface area contributed by atoms with Gasteiger partial charge >= 0.3 is 5.63 Å². The van der Waals surface area contributed by atoms with E-state index in [1.807, 2.05) is 6.92 Å². The van der Waals surface area contributed by atoms with Crippen molar-refractivity contribution < 1.29 is 14.0 Å². The molecule has 0 amide bonds. The van der Waals surface area contributed by atoms with Crippen LogP contribution in [0.15, 0.2) is 21.5 Å². The average Bonchev–Trinajstić information content (AvgIpc) is 2.17. The molecule has 4 heteroatoms. The van der Waals surface area contributed by atoms with Crippen molar-refractivity contribution in [1.82, 2.24) is 0 Å². The standard InChI is InChI=1S/C11H12O4/c1-3-4-9(13)8-5-6-15-11(14)10(8)7(2)12/h5-6H,3-4H2,1-2H3. The van der Waals surface area contributed by atoms with E-state index in [1.54, 1.807) is 0 Å². The van der Waals surface area contributed by atoms with Crippen molar-refractivity contribution in [3.63, 3.8) is 0 Å². The Balaban J connectivity index is 3.29. The Hall–Kier alpha value is -1.71. The second-order valence-electron chi connectivity index (χ2n) is 3.23. The van der Waals surface area contributed by atoms with Crippen LogP contribution in [0.5, 0.6) is 0 Å². The molecular weight excluding hydrogens is 196 g/mol. The highest BCUT2D eigenvalue weighted by molar-refractivity contribution is 6.07. The van der Waals surface area contributed by atoms with Crippen molar-refractivity contribution >= 4 is 11.6 Å². The predicted octanol–water partition coefficient (Wildman–Crippen LogP) is 1.83. The van der Waals surface area contributed by atoms with Crippen LogP contribution < -0.4 is 5.63 Å². The van der Waals surface area contributed by atoms with Crippen molar-refractivity contribution in [3.05, 3.63) is 33.9 Å². The van der Waals surface area contributed by atoms with Gasteiger partial charge in [0, 0.05) is 12.0 Å². The lowest BCUT2D eigenvalue weighted by atomic mass is 10.0. The SMILES string of the molecule is CCCC(=O)c1ccoc(=O)c1C(C)=O. The molecule has 0 bridgehead atoms. The summed E-state index contributed by atoms with van der Waals surface area (Å²) >= 11 is 0. The highest BCUT2D eigenvalue weighted by Crippen LogP contribution is 2.09. The first kappa shape index (κ1) is 11.4. The highest BCUT2D eigenvalue weighted by Gasteiger charge is 2.17. The molecule has 0 unspecified atom stereocenters. The molecule has 0 aliphatic carbocycles. The first-order chi connectivity index (χ1) is 7.07. The molecule has 15 heavy (non-hydrogen) atoms. The number of hydrogen-bond donors (Lipinski definition) is 0. The molecule has 80 valence electrons. The van der Waals surface area contributed by atoms with Crippen LogP contribution in [0.1, 0.15) is 47.4 Å². The first-order valence-corrected chi connectivity index (χ1v) is 4.73. The molecule has 0 saturated heterocycles. The van der Waals surface area contributed by atoms with Gasteiger partial charge in [-0.15, -0.1) is 0 Å². The fourth-order valence-electron chi connectivity index (χ4n) is 1.34. The summed E-state index contributed by atoms with van der Waals surface area (Å²) in [5, 5.41) is 0. The van der Waals surface area contributed by atoms with E-state index in [1.165, 1.54) is 13.0 Å². The van der Waals surface area contributed by atoms with Crippen LogP contribution in [0.4, 0.5) is 0 Å². The minimum absolute atomic E-state index is 0.143. The molecule has 0 fully saturated rings. The van der Waals surface area contributed by atoms with E-state index >= 15 is 0 Å². The van der Waals surface area contributed by atoms with Gasteiger partial charge in [-0.3, -0.25) is 9.59 Å². The van der Waals surface area contributed by atoms with E-state index in [4.69, 9.17) is 0 Å². The summed E-state index contributed by atoms with van der Waals surface area (Å²) in [5.41, 5.74) is -0.721. The monoisotopic (exact) mass is 208 g/mol. The molecule has 0 aliphatic heterocycles. The fraction of sp³-hybridized carbons (Fsp3) is 0.364. The quantitative estimate of drug-likeness (QED) is 0.708. The van der Waals surface area contributed by atoms with E-state index in [2.05, 4.69) is 4.42 Å². The zero-order chi connectivity index (χ0) is 11.4. The van der Waals surface area contributed by atoms with Gasteiger partial charge in [-0.25, -0.2) is 4.79 Å². The third-order valence-electron chi connectivity index (χ3n) is 2.01. The van der Waals surface area contributed by atoms with E-state index in [9.17, 15) is 14.4 Å². The fourth-order valence-corrected chi connectivity index (χ4v) is 1.34. The summed E-state index contributed by atoms with van der Waals surface area (Å²) < 4.78 is 4.56. The topological polar surface area (TPSA) is 64.3 Å². The predicted molar refractivity (Wildman–Crippen MR) is 54.2 cm³/mol. The minimum atomic E-state index is -0.746. The van der Waals surface area contributed by atoms with E-state index in [0.29, 0.717) is 12.8 Å². The zero-order valence-corrected chi connectivity index (χ0v) is 8.70. The van der Waals surface area contributed by atoms with Gasteiger partial charge in [-0.05, 0) is 19.4 Å². The Bertz CT molecular complexity index is 442. The van der Waals surface area contributed by atoms with E-state index in [-0.39, 0.29) is 16.9 Å². The molecule has 1 aromatic heterocycles. The summed E-state index contributed by atoms with van der Waals surface area (Å²) in [6.07, 6.45) is 2.14. The number of hydrogen-bond acceptors (Lipinski definition) is 4. The molecule has 1 aromatic rings. The lowest BCUT2D eigenvalue weighted by Crippen LogP contribution is -2.17. The maximum absolute atomic E-state index is 11.6. The summed E-state index contributed by atoms with van der Waals surface area (Å²) in [5.74, 6) is -0.639. The molecule has 0 saturated carbocycles. The van der Waals surface area contributed by atoms with Crippen molar-refractivity contribution in [2.75, 3.05) is 0 Å². The second kappa shape index (κ2) is 4.68. The summed E-state index contributed by atoms with van der Waals surface area (Å²) in [6, 6.07) is 1.37. The molecule has 0 aliphatic rings. The average molecular weight is 208 g/mol. The van der Waals surface area contributed by atoms with Gasteiger partial charge in [0.1, 0.15) is 5.56 Å². The van der Waals surface area contributed by atoms with Crippen molar-refractivity contribution in [1.29, 1.82) is 0 Å². The highest BCUT2D eigenvalue weighted by atomic mass is 16.4. The second-order valence-corrected chi connectivity index (χ2v) is 3.23. The zero-order valence-electron chi connectivity index (χ0n) is 8.70. The smallest absolute Gasteiger partial charge is 0.347 e. The molecule has 1 heterocycles. The lowest BCUT2D eigenvalue weighted by Gasteiger charge is -2.02. The molecule has 4 nitrogen and oxygen atoms in total. The largest absolute Gasteiger partial charge is 0.431 e. The molecule has 1 rings (SSSR count). The molecule has 0 aromatic carbocycles. The molecule has 0 atom stereocenters. The van der Waals surface area contributed by atoms with E-state index in [0.717, 1.165) is 6.26 Å². The van der Waals surface area contributed by atoms with Crippen molar-refractivity contribution in [2.45, 2.75) is 26.7 Å². The maximum Gasteiger partial charge on any atom is 0.347 e. The van der Waals surface area contributed by atoms with Crippen LogP contribution in [0.2, 0.25) is 0 Å². The van der Waals surface area contributed by atoms with Gasteiger partial charge < -0.3 is 4.42 Å². The van der Waals surface area contributed by atoms with Gasteiger partial charge in [0.25, 0.3) is 0 Å². The number of rotatable bonds is 4. The molecule has 0 radical (unpaired) electrons. The van der Waals surface area contributed by atoms with Gasteiger partial charge in [0.15, 0.2) is 11.6 Å². The number of carbonyl (C=O) groups is 2. The Kier molecular flexibility index (Phi) is 3.55. The molecular formula is C11H12O4. The summed E-state index contributed by atoms with van der Waals surface area (Å²) in [7, 11) is 0. The van der Waals surface area contributed by atoms with Crippen LogP contribution in [0.25, 0.3) is 0 Å². The van der Waals surface area contributed by atoms with Gasteiger partial charge in [0.2, 0.25) is 0 Å². The van der Waals surface area contributed by atoms with Crippen LogP contribution in [-0.2, 0) is 0 Å². The normalized spacial score (nSPS) is 10.0. The first-order valence-electron chi connectivity index (χ1n) is 4.73. The maximum atomic E-state index is 11.6. The van der Waals surface area contributed by atoms with Gasteiger partial charge in [-0.1, -0.05) is 6.92 Å². The third-order valence-corrected chi connectivity index (χ3v) is 2.01. The molecule has 0 N–H and O–H groups in total. The number of carbonyl (C=O) groups excluding carboxylic acids is 2. The Morgan fingerprint density at radius 1 is 1.40 bits per heavy atom. The molecule has 0 spiro atoms. The van der Waals surface area contributed by atoms with Gasteiger partial charge in [0.05, 0.1) is 6.26 Å². The number of Topliss-reactive ketones (excluding diaryl/α,β-unsaturated/α-hetero) is 2.